The molecule has 6 aliphatic heterocycles. The van der Waals surface area contributed by atoms with Crippen LogP contribution in [-0.2, 0) is 4.74 Å². The van der Waals surface area contributed by atoms with Gasteiger partial charge in [0.05, 0.1) is 12.7 Å². The minimum Gasteiger partial charge on any atom is -0.372 e. The number of hydrogen-bond donors (Lipinski definition) is 0. The SMILES string of the molecule is C(SCC(CSCC1CS1)(CSCC1CS1)CSCC1CS1)C1CS1.C1CC1CSCC(CSCC1CC1)(CSCC1CO1)CSCC1CS1. The first-order valence-corrected chi connectivity index (χ1v) is 33.4. The van der Waals surface area contributed by atoms with Gasteiger partial charge in [-0.05, 0) is 49.0 Å². The van der Waals surface area contributed by atoms with Gasteiger partial charge in [-0.25, -0.2) is 0 Å². The Morgan fingerprint density at radius 3 is 0.840 bits per heavy atom. The lowest BCUT2D eigenvalue weighted by molar-refractivity contribution is 0.425. The maximum atomic E-state index is 5.45. The zero-order chi connectivity index (χ0) is 33.9. The second-order valence-corrected chi connectivity index (χ2v) is 30.6. The zero-order valence-corrected chi connectivity index (χ0v) is 40.3. The predicted octanol–water partition coefficient (Wildman–Crippen LogP) is 10.6. The molecule has 14 heteroatoms. The third-order valence-electron chi connectivity index (χ3n) is 9.60. The van der Waals surface area contributed by atoms with Gasteiger partial charge in [0, 0.05) is 146 Å². The first-order chi connectivity index (χ1) is 24.6. The van der Waals surface area contributed by atoms with Crippen molar-refractivity contribution in [2.75, 3.05) is 127 Å². The summed E-state index contributed by atoms with van der Waals surface area (Å²) in [6.45, 7) is 1.01. The largest absolute Gasteiger partial charge is 0.372 e. The number of hydrogen-bond acceptors (Lipinski definition) is 14. The highest BCUT2D eigenvalue weighted by Crippen LogP contribution is 2.45. The van der Waals surface area contributed by atoms with E-state index in [1.165, 1.54) is 146 Å². The van der Waals surface area contributed by atoms with Crippen molar-refractivity contribution in [1.82, 2.24) is 0 Å². The molecule has 0 radical (unpaired) electrons. The smallest absolute Gasteiger partial charge is 0.0900 e. The fourth-order valence-corrected chi connectivity index (χ4v) is 22.9. The summed E-state index contributed by atoms with van der Waals surface area (Å²) in [6.07, 6.45) is 6.57. The Morgan fingerprint density at radius 1 is 0.380 bits per heavy atom. The molecule has 6 unspecified atom stereocenters. The second-order valence-electron chi connectivity index (χ2n) is 15.7. The summed E-state index contributed by atoms with van der Waals surface area (Å²) >= 11 is 28.9. The van der Waals surface area contributed by atoms with Gasteiger partial charge in [0.2, 0.25) is 0 Å². The molecule has 2 saturated carbocycles. The van der Waals surface area contributed by atoms with Crippen LogP contribution in [0.15, 0.2) is 0 Å². The Bertz CT molecular complexity index is 731. The lowest BCUT2D eigenvalue weighted by Gasteiger charge is -2.33. The summed E-state index contributed by atoms with van der Waals surface area (Å²) in [6, 6.07) is 0. The number of epoxide rings is 1. The molecule has 2 aliphatic carbocycles. The molecule has 288 valence electrons. The molecule has 6 saturated heterocycles. The van der Waals surface area contributed by atoms with Crippen LogP contribution < -0.4 is 0 Å². The van der Waals surface area contributed by atoms with E-state index in [2.05, 4.69) is 153 Å². The average Bonchev–Trinajstić information content (AvgIpc) is 3.92. The molecule has 0 bridgehead atoms. The van der Waals surface area contributed by atoms with E-state index >= 15 is 0 Å². The summed E-state index contributed by atoms with van der Waals surface area (Å²) in [7, 11) is 0. The monoisotopic (exact) mass is 924 g/mol. The van der Waals surface area contributed by atoms with Gasteiger partial charge in [0.25, 0.3) is 0 Å². The molecular weight excluding hydrogens is 865 g/mol. The molecule has 0 N–H and O–H groups in total. The number of thioether (sulfide) groups is 13. The van der Waals surface area contributed by atoms with Gasteiger partial charge >= 0.3 is 0 Å². The predicted molar refractivity (Wildman–Crippen MR) is 260 cm³/mol. The van der Waals surface area contributed by atoms with E-state index in [1.54, 1.807) is 0 Å². The molecule has 6 heterocycles. The van der Waals surface area contributed by atoms with Gasteiger partial charge < -0.3 is 4.74 Å². The first kappa shape index (κ1) is 42.6. The quantitative estimate of drug-likeness (QED) is 0.0595. The van der Waals surface area contributed by atoms with Crippen LogP contribution in [0.1, 0.15) is 25.7 Å². The first-order valence-electron chi connectivity index (χ1n) is 18.9. The van der Waals surface area contributed by atoms with Crippen molar-refractivity contribution in [3.05, 3.63) is 0 Å². The molecule has 0 aromatic rings. The molecule has 8 rings (SSSR count). The summed E-state index contributed by atoms with van der Waals surface area (Å²) in [5.74, 6) is 31.5. The summed E-state index contributed by atoms with van der Waals surface area (Å²) in [5.41, 5.74) is 1.12. The summed E-state index contributed by atoms with van der Waals surface area (Å²) in [5, 5.41) is 4.94. The summed E-state index contributed by atoms with van der Waals surface area (Å²) < 4.78 is 5.45. The molecule has 50 heavy (non-hydrogen) atoms. The Hall–Kier alpha value is 4.51. The lowest BCUT2D eigenvalue weighted by atomic mass is 9.99. The molecule has 0 aromatic carbocycles. The molecular formula is C36H60OS13. The fourth-order valence-electron chi connectivity index (χ4n) is 5.38. The van der Waals surface area contributed by atoms with Gasteiger partial charge in [0.15, 0.2) is 0 Å². The van der Waals surface area contributed by atoms with E-state index in [0.29, 0.717) is 16.9 Å². The Labute approximate surface area is 361 Å². The van der Waals surface area contributed by atoms with E-state index < -0.39 is 0 Å². The molecule has 6 atom stereocenters. The van der Waals surface area contributed by atoms with Gasteiger partial charge in [-0.2, -0.15) is 153 Å². The third kappa shape index (κ3) is 19.5. The standard InChI is InChI=1S/C19H32OS5.C17H28S8/c1-2-15(1)6-21-11-19(12-22-7-16-3-4-16,13-23-8-17-5-20-17)14-24-9-18-10-25-18;1(13-5-22-13)18-9-17(10-19-2-14-6-23-14,11-20-3-15-7-24-15)12-21-4-16-8-25-16/h15-18H,1-14H2;13-16H,1-12H2. The summed E-state index contributed by atoms with van der Waals surface area (Å²) in [4.78, 5) is 0. The van der Waals surface area contributed by atoms with Crippen molar-refractivity contribution >= 4 is 153 Å². The van der Waals surface area contributed by atoms with Crippen LogP contribution in [0.3, 0.4) is 0 Å². The van der Waals surface area contributed by atoms with E-state index in [1.807, 2.05) is 0 Å². The van der Waals surface area contributed by atoms with E-state index in [-0.39, 0.29) is 0 Å². The van der Waals surface area contributed by atoms with E-state index in [9.17, 15) is 0 Å². The van der Waals surface area contributed by atoms with E-state index in [0.717, 1.165) is 44.7 Å². The molecule has 0 aromatic heterocycles. The Morgan fingerprint density at radius 2 is 0.620 bits per heavy atom. The zero-order valence-electron chi connectivity index (χ0n) is 29.7. The van der Waals surface area contributed by atoms with Crippen LogP contribution >= 0.6 is 153 Å². The van der Waals surface area contributed by atoms with Crippen LogP contribution in [0, 0.1) is 22.7 Å². The average molecular weight is 926 g/mol. The third-order valence-corrected chi connectivity index (χ3v) is 27.3. The normalized spacial score (nSPS) is 31.4. The molecule has 0 spiro atoms. The Kier molecular flexibility index (Phi) is 19.4. The number of ether oxygens (including phenoxy) is 1. The topological polar surface area (TPSA) is 12.5 Å². The number of rotatable bonds is 32. The van der Waals surface area contributed by atoms with Crippen molar-refractivity contribution in [2.45, 2.75) is 58.0 Å². The highest BCUT2D eigenvalue weighted by atomic mass is 32.2. The van der Waals surface area contributed by atoms with Crippen molar-refractivity contribution in [3.63, 3.8) is 0 Å². The van der Waals surface area contributed by atoms with Crippen LogP contribution in [0.5, 0.6) is 0 Å². The molecule has 8 fully saturated rings. The second kappa shape index (κ2) is 22.8. The highest BCUT2D eigenvalue weighted by molar-refractivity contribution is 8.10. The van der Waals surface area contributed by atoms with Crippen LogP contribution in [0.25, 0.3) is 0 Å². The Balaban J connectivity index is 0.000000157. The minimum absolute atomic E-state index is 0.545. The van der Waals surface area contributed by atoms with Gasteiger partial charge in [-0.1, -0.05) is 0 Å². The van der Waals surface area contributed by atoms with Gasteiger partial charge in [0.1, 0.15) is 0 Å². The molecule has 1 nitrogen and oxygen atoms in total. The van der Waals surface area contributed by atoms with Crippen LogP contribution in [-0.4, -0.2) is 160 Å². The maximum absolute atomic E-state index is 5.45. The highest BCUT2D eigenvalue weighted by Gasteiger charge is 2.37. The van der Waals surface area contributed by atoms with Crippen molar-refractivity contribution in [2.24, 2.45) is 22.7 Å². The maximum Gasteiger partial charge on any atom is 0.0900 e. The lowest BCUT2D eigenvalue weighted by Crippen LogP contribution is -2.34. The van der Waals surface area contributed by atoms with Crippen LogP contribution in [0.4, 0.5) is 0 Å². The fraction of sp³-hybridized carbons (Fsp3) is 1.00. The van der Waals surface area contributed by atoms with Gasteiger partial charge in [-0.15, -0.1) is 0 Å². The van der Waals surface area contributed by atoms with Crippen molar-refractivity contribution < 1.29 is 4.74 Å². The minimum atomic E-state index is 0.545. The van der Waals surface area contributed by atoms with Crippen molar-refractivity contribution in [1.29, 1.82) is 0 Å². The van der Waals surface area contributed by atoms with Crippen molar-refractivity contribution in [3.8, 4) is 0 Å². The molecule has 8 aliphatic rings. The van der Waals surface area contributed by atoms with E-state index in [4.69, 9.17) is 4.74 Å². The van der Waals surface area contributed by atoms with Gasteiger partial charge in [-0.3, -0.25) is 0 Å². The van der Waals surface area contributed by atoms with Crippen LogP contribution in [0.2, 0.25) is 0 Å². The molecule has 0 amide bonds.